The summed E-state index contributed by atoms with van der Waals surface area (Å²) in [5.74, 6) is 0. The maximum absolute atomic E-state index is 10.3. The van der Waals surface area contributed by atoms with Crippen molar-refractivity contribution >= 4 is 15.9 Å². The molecule has 1 fully saturated rings. The fraction of sp³-hybridized carbons (Fsp3) is 0.571. The zero-order chi connectivity index (χ0) is 13.7. The maximum atomic E-state index is 10.3. The van der Waals surface area contributed by atoms with Gasteiger partial charge in [-0.15, -0.1) is 0 Å². The summed E-state index contributed by atoms with van der Waals surface area (Å²) in [6, 6.07) is 7.83. The van der Waals surface area contributed by atoms with Gasteiger partial charge in [-0.05, 0) is 17.7 Å². The van der Waals surface area contributed by atoms with Crippen molar-refractivity contribution in [1.29, 1.82) is 0 Å². The summed E-state index contributed by atoms with van der Waals surface area (Å²) in [7, 11) is 0. The second-order valence-corrected chi connectivity index (χ2v) is 5.85. The molecule has 1 heterocycles. The Morgan fingerprint density at radius 3 is 2.47 bits per heavy atom. The predicted molar refractivity (Wildman–Crippen MR) is 79.1 cm³/mol. The van der Waals surface area contributed by atoms with Crippen molar-refractivity contribution in [3.05, 3.63) is 34.3 Å². The second-order valence-electron chi connectivity index (χ2n) is 4.94. The van der Waals surface area contributed by atoms with Gasteiger partial charge in [-0.2, -0.15) is 0 Å². The van der Waals surface area contributed by atoms with Crippen molar-refractivity contribution in [1.82, 2.24) is 9.80 Å². The van der Waals surface area contributed by atoms with E-state index < -0.39 is 6.10 Å². The fourth-order valence-corrected chi connectivity index (χ4v) is 2.82. The largest absolute Gasteiger partial charge is 0.395 e. The minimum Gasteiger partial charge on any atom is -0.395 e. The number of benzene rings is 1. The average molecular weight is 329 g/mol. The molecule has 106 valence electrons. The van der Waals surface area contributed by atoms with Crippen LogP contribution in [0.25, 0.3) is 0 Å². The smallest absolute Gasteiger partial charge is 0.0917 e. The highest BCUT2D eigenvalue weighted by molar-refractivity contribution is 9.10. The van der Waals surface area contributed by atoms with E-state index in [-0.39, 0.29) is 6.61 Å². The van der Waals surface area contributed by atoms with Crippen LogP contribution in [-0.2, 0) is 0 Å². The molecule has 1 aliphatic rings. The molecule has 0 aromatic heterocycles. The Kier molecular flexibility index (Phi) is 5.78. The van der Waals surface area contributed by atoms with Gasteiger partial charge in [-0.3, -0.25) is 9.80 Å². The number of piperazine rings is 1. The van der Waals surface area contributed by atoms with Gasteiger partial charge in [0, 0.05) is 43.7 Å². The second kappa shape index (κ2) is 7.36. The molecule has 1 aromatic rings. The van der Waals surface area contributed by atoms with Gasteiger partial charge in [0.1, 0.15) is 0 Å². The first kappa shape index (κ1) is 14.9. The van der Waals surface area contributed by atoms with Crippen LogP contribution in [0.2, 0.25) is 0 Å². The number of hydrogen-bond donors (Lipinski definition) is 2. The lowest BCUT2D eigenvalue weighted by Crippen LogP contribution is -2.48. The van der Waals surface area contributed by atoms with Gasteiger partial charge in [0.15, 0.2) is 0 Å². The summed E-state index contributed by atoms with van der Waals surface area (Å²) < 4.78 is 0.997. The summed E-state index contributed by atoms with van der Waals surface area (Å²) in [4.78, 5) is 4.53. The first-order valence-electron chi connectivity index (χ1n) is 6.68. The van der Waals surface area contributed by atoms with E-state index >= 15 is 0 Å². The van der Waals surface area contributed by atoms with Crippen LogP contribution in [0.3, 0.4) is 0 Å². The van der Waals surface area contributed by atoms with Crippen molar-refractivity contribution < 1.29 is 10.2 Å². The number of rotatable bonds is 5. The molecule has 0 amide bonds. The zero-order valence-electron chi connectivity index (χ0n) is 11.0. The molecule has 1 aromatic carbocycles. The molecule has 0 radical (unpaired) electrons. The Labute approximate surface area is 122 Å². The Hall–Kier alpha value is -0.460. The van der Waals surface area contributed by atoms with E-state index in [1.165, 1.54) is 0 Å². The van der Waals surface area contributed by atoms with Crippen LogP contribution in [0.15, 0.2) is 28.7 Å². The van der Waals surface area contributed by atoms with Crippen LogP contribution in [-0.4, -0.2) is 65.9 Å². The zero-order valence-corrected chi connectivity index (χ0v) is 12.6. The number of nitrogens with zero attached hydrogens (tertiary/aromatic N) is 2. The number of aliphatic hydroxyl groups is 2. The molecule has 0 bridgehead atoms. The molecule has 0 spiro atoms. The lowest BCUT2D eigenvalue weighted by Gasteiger charge is -2.35. The summed E-state index contributed by atoms with van der Waals surface area (Å²) >= 11 is 3.43. The number of β-amino-alcohol motifs (C(OH)–C–C–N with tert-alkyl or cyclic N) is 2. The number of aliphatic hydroxyl groups excluding tert-OH is 2. The van der Waals surface area contributed by atoms with Crippen LogP contribution in [0, 0.1) is 0 Å². The van der Waals surface area contributed by atoms with E-state index in [0.29, 0.717) is 6.54 Å². The molecular weight excluding hydrogens is 308 g/mol. The molecule has 19 heavy (non-hydrogen) atoms. The van der Waals surface area contributed by atoms with E-state index in [4.69, 9.17) is 5.11 Å². The van der Waals surface area contributed by atoms with Crippen molar-refractivity contribution in [3.8, 4) is 0 Å². The third-order valence-electron chi connectivity index (χ3n) is 3.55. The van der Waals surface area contributed by atoms with Gasteiger partial charge >= 0.3 is 0 Å². The molecule has 5 heteroatoms. The molecule has 1 aliphatic heterocycles. The normalized spacial score (nSPS) is 19.5. The Morgan fingerprint density at radius 1 is 1.16 bits per heavy atom. The predicted octanol–water partition coefficient (Wildman–Crippen LogP) is 1.09. The monoisotopic (exact) mass is 328 g/mol. The van der Waals surface area contributed by atoms with E-state index in [1.807, 2.05) is 24.3 Å². The van der Waals surface area contributed by atoms with Gasteiger partial charge in [0.2, 0.25) is 0 Å². The SMILES string of the molecule is OCCN1CCN(C[C@@H](O)c2cccc(Br)c2)CC1. The molecule has 0 unspecified atom stereocenters. The van der Waals surface area contributed by atoms with Gasteiger partial charge < -0.3 is 10.2 Å². The molecular formula is C14H21BrN2O2. The van der Waals surface area contributed by atoms with Crippen LogP contribution >= 0.6 is 15.9 Å². The third-order valence-corrected chi connectivity index (χ3v) is 4.04. The first-order valence-corrected chi connectivity index (χ1v) is 7.47. The number of halogens is 1. The first-order chi connectivity index (χ1) is 9.19. The lowest BCUT2D eigenvalue weighted by molar-refractivity contribution is 0.0661. The summed E-state index contributed by atoms with van der Waals surface area (Å²) in [5.41, 5.74) is 0.951. The van der Waals surface area contributed by atoms with Gasteiger partial charge in [0.05, 0.1) is 12.7 Å². The van der Waals surface area contributed by atoms with Crippen LogP contribution < -0.4 is 0 Å². The van der Waals surface area contributed by atoms with Gasteiger partial charge in [0.25, 0.3) is 0 Å². The van der Waals surface area contributed by atoms with Gasteiger partial charge in [-0.25, -0.2) is 0 Å². The standard InChI is InChI=1S/C14H21BrN2O2/c15-13-3-1-2-12(10-13)14(19)11-17-6-4-16(5-7-17)8-9-18/h1-3,10,14,18-19H,4-9,11H2/t14-/m1/s1. The Bertz CT molecular complexity index is 395. The molecule has 2 rings (SSSR count). The molecule has 2 N–H and O–H groups in total. The Balaban J connectivity index is 1.82. The molecule has 0 aliphatic carbocycles. The highest BCUT2D eigenvalue weighted by atomic mass is 79.9. The molecule has 1 atom stereocenters. The maximum Gasteiger partial charge on any atom is 0.0917 e. The molecule has 0 saturated carbocycles. The average Bonchev–Trinajstić information content (AvgIpc) is 2.41. The minimum atomic E-state index is -0.443. The van der Waals surface area contributed by atoms with Gasteiger partial charge in [-0.1, -0.05) is 28.1 Å². The van der Waals surface area contributed by atoms with E-state index in [1.54, 1.807) is 0 Å². The minimum absolute atomic E-state index is 0.223. The van der Waals surface area contributed by atoms with E-state index in [0.717, 1.165) is 42.8 Å². The fourth-order valence-electron chi connectivity index (χ4n) is 2.40. The highest BCUT2D eigenvalue weighted by Gasteiger charge is 2.19. The quantitative estimate of drug-likeness (QED) is 0.849. The van der Waals surface area contributed by atoms with Crippen molar-refractivity contribution in [2.75, 3.05) is 45.9 Å². The van der Waals surface area contributed by atoms with Crippen molar-refractivity contribution in [2.24, 2.45) is 0 Å². The topological polar surface area (TPSA) is 46.9 Å². The van der Waals surface area contributed by atoms with Crippen LogP contribution in [0.5, 0.6) is 0 Å². The third kappa shape index (κ3) is 4.54. The molecule has 4 nitrogen and oxygen atoms in total. The van der Waals surface area contributed by atoms with Crippen LogP contribution in [0.1, 0.15) is 11.7 Å². The summed E-state index contributed by atoms with van der Waals surface area (Å²) in [5, 5.41) is 19.2. The molecule has 1 saturated heterocycles. The number of hydrogen-bond acceptors (Lipinski definition) is 4. The summed E-state index contributed by atoms with van der Waals surface area (Å²) in [6.07, 6.45) is -0.443. The lowest BCUT2D eigenvalue weighted by atomic mass is 10.1. The van der Waals surface area contributed by atoms with Crippen molar-refractivity contribution in [3.63, 3.8) is 0 Å². The van der Waals surface area contributed by atoms with Crippen molar-refractivity contribution in [2.45, 2.75) is 6.10 Å². The highest BCUT2D eigenvalue weighted by Crippen LogP contribution is 2.19. The Morgan fingerprint density at radius 2 is 1.84 bits per heavy atom. The van der Waals surface area contributed by atoms with E-state index in [9.17, 15) is 5.11 Å². The van der Waals surface area contributed by atoms with Crippen LogP contribution in [0.4, 0.5) is 0 Å². The van der Waals surface area contributed by atoms with E-state index in [2.05, 4.69) is 25.7 Å². The summed E-state index contributed by atoms with van der Waals surface area (Å²) in [6.45, 7) is 5.47.